The number of aromatic nitrogens is 2. The van der Waals surface area contributed by atoms with E-state index in [1.807, 2.05) is 25.3 Å². The van der Waals surface area contributed by atoms with Crippen LogP contribution < -0.4 is 0 Å². The highest BCUT2D eigenvalue weighted by Gasteiger charge is 2.12. The molecular formula is C10H16N2O2. The topological polar surface area (TPSA) is 44.1 Å². The fourth-order valence-corrected chi connectivity index (χ4v) is 1.12. The maximum Gasteiger partial charge on any atom is 0.223 e. The Morgan fingerprint density at radius 2 is 2.36 bits per heavy atom. The van der Waals surface area contributed by atoms with Crippen LogP contribution in [-0.2, 0) is 11.3 Å². The number of carbonyl (C=O) groups excluding carboxylic acids is 1. The van der Waals surface area contributed by atoms with Gasteiger partial charge in [-0.3, -0.25) is 4.79 Å². The first-order valence-electron chi connectivity index (χ1n) is 4.81. The molecule has 0 bridgehead atoms. The van der Waals surface area contributed by atoms with Gasteiger partial charge in [0.25, 0.3) is 0 Å². The van der Waals surface area contributed by atoms with Crippen LogP contribution in [0.3, 0.4) is 0 Å². The van der Waals surface area contributed by atoms with Crippen molar-refractivity contribution >= 4 is 5.78 Å². The lowest BCUT2D eigenvalue weighted by Crippen LogP contribution is -2.17. The maximum absolute atomic E-state index is 11.6. The van der Waals surface area contributed by atoms with Crippen LogP contribution in [0.2, 0.25) is 0 Å². The highest BCUT2D eigenvalue weighted by atomic mass is 16.5. The standard InChI is InChI=1S/C10H16N2O2/c1-4-12-6-5-11-10(12)9(13)7-14-8(2)3/h5-6,8H,4,7H2,1-3H3. The highest BCUT2D eigenvalue weighted by Crippen LogP contribution is 2.00. The van der Waals surface area contributed by atoms with Gasteiger partial charge in [-0.1, -0.05) is 0 Å². The van der Waals surface area contributed by atoms with Crippen molar-refractivity contribution in [2.24, 2.45) is 0 Å². The van der Waals surface area contributed by atoms with Crippen LogP contribution in [0.1, 0.15) is 31.4 Å². The van der Waals surface area contributed by atoms with Crippen molar-refractivity contribution in [2.45, 2.75) is 33.4 Å². The molecule has 14 heavy (non-hydrogen) atoms. The number of ether oxygens (including phenoxy) is 1. The average Bonchev–Trinajstić information content (AvgIpc) is 2.61. The molecule has 0 aliphatic carbocycles. The third-order valence-corrected chi connectivity index (χ3v) is 1.85. The zero-order chi connectivity index (χ0) is 10.6. The van der Waals surface area contributed by atoms with E-state index in [9.17, 15) is 4.79 Å². The zero-order valence-electron chi connectivity index (χ0n) is 8.86. The molecule has 0 saturated carbocycles. The Kier molecular flexibility index (Phi) is 3.83. The van der Waals surface area contributed by atoms with Crippen molar-refractivity contribution < 1.29 is 9.53 Å². The number of imidazole rings is 1. The third-order valence-electron chi connectivity index (χ3n) is 1.85. The van der Waals surface area contributed by atoms with Crippen molar-refractivity contribution in [1.82, 2.24) is 9.55 Å². The Hall–Kier alpha value is -1.16. The number of hydrogen-bond acceptors (Lipinski definition) is 3. The van der Waals surface area contributed by atoms with Crippen molar-refractivity contribution in [3.05, 3.63) is 18.2 Å². The van der Waals surface area contributed by atoms with Gasteiger partial charge in [0, 0.05) is 18.9 Å². The van der Waals surface area contributed by atoms with Crippen LogP contribution in [0.25, 0.3) is 0 Å². The van der Waals surface area contributed by atoms with E-state index in [0.29, 0.717) is 5.82 Å². The minimum absolute atomic E-state index is 0.0643. The minimum atomic E-state index is -0.0643. The summed E-state index contributed by atoms with van der Waals surface area (Å²) in [7, 11) is 0. The van der Waals surface area contributed by atoms with Crippen LogP contribution in [0.15, 0.2) is 12.4 Å². The fourth-order valence-electron chi connectivity index (χ4n) is 1.12. The van der Waals surface area contributed by atoms with E-state index in [1.165, 1.54) is 0 Å². The molecule has 0 aliphatic rings. The van der Waals surface area contributed by atoms with Gasteiger partial charge in [-0.2, -0.15) is 0 Å². The fraction of sp³-hybridized carbons (Fsp3) is 0.600. The second-order valence-corrected chi connectivity index (χ2v) is 3.32. The summed E-state index contributed by atoms with van der Waals surface area (Å²) in [6.45, 7) is 6.64. The second kappa shape index (κ2) is 4.91. The molecule has 4 heteroatoms. The first-order valence-corrected chi connectivity index (χ1v) is 4.81. The first kappa shape index (κ1) is 10.9. The molecule has 0 saturated heterocycles. The molecule has 0 spiro atoms. The van der Waals surface area contributed by atoms with Gasteiger partial charge in [0.05, 0.1) is 6.10 Å². The van der Waals surface area contributed by atoms with Crippen molar-refractivity contribution in [1.29, 1.82) is 0 Å². The number of Topliss-reactive ketones (excluding diaryl/α,β-unsaturated/α-hetero) is 1. The molecule has 0 N–H and O–H groups in total. The summed E-state index contributed by atoms with van der Waals surface area (Å²) < 4.78 is 7.04. The molecule has 0 unspecified atom stereocenters. The van der Waals surface area contributed by atoms with E-state index in [2.05, 4.69) is 4.98 Å². The van der Waals surface area contributed by atoms with E-state index >= 15 is 0 Å². The van der Waals surface area contributed by atoms with Gasteiger partial charge in [-0.15, -0.1) is 0 Å². The van der Waals surface area contributed by atoms with Crippen molar-refractivity contribution in [3.63, 3.8) is 0 Å². The highest BCUT2D eigenvalue weighted by molar-refractivity contribution is 5.93. The second-order valence-electron chi connectivity index (χ2n) is 3.32. The van der Waals surface area contributed by atoms with E-state index in [4.69, 9.17) is 4.74 Å². The molecule has 1 heterocycles. The molecular weight excluding hydrogens is 180 g/mol. The summed E-state index contributed by atoms with van der Waals surface area (Å²) in [5.74, 6) is 0.415. The maximum atomic E-state index is 11.6. The monoisotopic (exact) mass is 196 g/mol. The number of ketones is 1. The van der Waals surface area contributed by atoms with Crippen LogP contribution in [0.4, 0.5) is 0 Å². The Morgan fingerprint density at radius 3 is 2.93 bits per heavy atom. The molecule has 0 amide bonds. The van der Waals surface area contributed by atoms with Crippen LogP contribution in [0.5, 0.6) is 0 Å². The molecule has 0 fully saturated rings. The minimum Gasteiger partial charge on any atom is -0.371 e. The van der Waals surface area contributed by atoms with Crippen molar-refractivity contribution in [2.75, 3.05) is 6.61 Å². The number of hydrogen-bond donors (Lipinski definition) is 0. The first-order chi connectivity index (χ1) is 6.65. The number of aryl methyl sites for hydroxylation is 1. The van der Waals surface area contributed by atoms with Gasteiger partial charge in [-0.05, 0) is 20.8 Å². The average molecular weight is 196 g/mol. The lowest BCUT2D eigenvalue weighted by Gasteiger charge is -2.07. The largest absolute Gasteiger partial charge is 0.371 e. The lowest BCUT2D eigenvalue weighted by atomic mass is 10.4. The smallest absolute Gasteiger partial charge is 0.223 e. The van der Waals surface area contributed by atoms with Gasteiger partial charge >= 0.3 is 0 Å². The van der Waals surface area contributed by atoms with Crippen molar-refractivity contribution in [3.8, 4) is 0 Å². The lowest BCUT2D eigenvalue weighted by molar-refractivity contribution is 0.0573. The van der Waals surface area contributed by atoms with E-state index in [-0.39, 0.29) is 18.5 Å². The van der Waals surface area contributed by atoms with Crippen LogP contribution in [0, 0.1) is 0 Å². The summed E-state index contributed by atoms with van der Waals surface area (Å²) in [5.41, 5.74) is 0. The molecule has 1 aromatic heterocycles. The Bertz CT molecular complexity index is 305. The molecule has 1 aromatic rings. The molecule has 78 valence electrons. The summed E-state index contributed by atoms with van der Waals surface area (Å²) in [6, 6.07) is 0. The van der Waals surface area contributed by atoms with Crippen LogP contribution in [-0.4, -0.2) is 28.0 Å². The zero-order valence-corrected chi connectivity index (χ0v) is 8.86. The SMILES string of the molecule is CCn1ccnc1C(=O)COC(C)C. The molecule has 0 atom stereocenters. The summed E-state index contributed by atoms with van der Waals surface area (Å²) in [4.78, 5) is 15.6. The molecule has 0 radical (unpaired) electrons. The van der Waals surface area contributed by atoms with E-state index < -0.39 is 0 Å². The molecule has 4 nitrogen and oxygen atoms in total. The van der Waals surface area contributed by atoms with Gasteiger partial charge in [0.1, 0.15) is 6.61 Å². The third kappa shape index (κ3) is 2.67. The Morgan fingerprint density at radius 1 is 1.64 bits per heavy atom. The predicted molar refractivity (Wildman–Crippen MR) is 53.3 cm³/mol. The summed E-state index contributed by atoms with van der Waals surface area (Å²) in [5, 5.41) is 0. The quantitative estimate of drug-likeness (QED) is 0.670. The van der Waals surface area contributed by atoms with E-state index in [0.717, 1.165) is 6.54 Å². The number of nitrogens with zero attached hydrogens (tertiary/aromatic N) is 2. The van der Waals surface area contributed by atoms with Crippen LogP contribution >= 0.6 is 0 Å². The van der Waals surface area contributed by atoms with E-state index in [1.54, 1.807) is 12.4 Å². The van der Waals surface area contributed by atoms with Gasteiger partial charge < -0.3 is 9.30 Å². The molecule has 0 aromatic carbocycles. The molecule has 1 rings (SSSR count). The van der Waals surface area contributed by atoms with Gasteiger partial charge in [0.15, 0.2) is 5.82 Å². The van der Waals surface area contributed by atoms with Gasteiger partial charge in [0.2, 0.25) is 5.78 Å². The Labute approximate surface area is 83.9 Å². The number of rotatable bonds is 5. The number of carbonyl (C=O) groups is 1. The Balaban J connectivity index is 2.60. The predicted octanol–water partition coefficient (Wildman–Crippen LogP) is 1.51. The molecule has 0 aliphatic heterocycles. The summed E-state index contributed by atoms with van der Waals surface area (Å²) in [6.07, 6.45) is 3.50. The van der Waals surface area contributed by atoms with Gasteiger partial charge in [-0.25, -0.2) is 4.98 Å². The summed E-state index contributed by atoms with van der Waals surface area (Å²) >= 11 is 0. The normalized spacial score (nSPS) is 10.9.